The zero-order valence-corrected chi connectivity index (χ0v) is 12.5. The van der Waals surface area contributed by atoms with Gasteiger partial charge < -0.3 is 14.2 Å². The molecule has 2 aromatic rings. The summed E-state index contributed by atoms with van der Waals surface area (Å²) in [5, 5.41) is -0.535. The van der Waals surface area contributed by atoms with E-state index in [1.54, 1.807) is 44.4 Å². The Labute approximate surface area is 128 Å². The van der Waals surface area contributed by atoms with Crippen molar-refractivity contribution >= 4 is 16.8 Å². The standard InChI is InChI=1S/C16H15ClO4/c1-11(16(17)18)20-12-6-8-13(9-7-12)21-15-5-3-4-14(10-15)19-2/h3-11H,1-2H3. The smallest absolute Gasteiger partial charge is 0.262 e. The van der Waals surface area contributed by atoms with Crippen LogP contribution in [0.2, 0.25) is 0 Å². The Bertz CT molecular complexity index is 610. The second-order valence-corrected chi connectivity index (χ2v) is 4.69. The van der Waals surface area contributed by atoms with Gasteiger partial charge in [-0.1, -0.05) is 6.07 Å². The quantitative estimate of drug-likeness (QED) is 0.756. The van der Waals surface area contributed by atoms with E-state index >= 15 is 0 Å². The van der Waals surface area contributed by atoms with Crippen LogP contribution in [-0.4, -0.2) is 18.5 Å². The van der Waals surface area contributed by atoms with E-state index in [-0.39, 0.29) is 0 Å². The van der Waals surface area contributed by atoms with Gasteiger partial charge in [0.05, 0.1) is 7.11 Å². The third kappa shape index (κ3) is 4.39. The summed E-state index contributed by atoms with van der Waals surface area (Å²) < 4.78 is 16.2. The molecule has 0 spiro atoms. The third-order valence-electron chi connectivity index (χ3n) is 2.73. The maximum atomic E-state index is 10.9. The molecule has 1 atom stereocenters. The van der Waals surface area contributed by atoms with Crippen LogP contribution >= 0.6 is 11.6 Å². The molecule has 0 saturated carbocycles. The Morgan fingerprint density at radius 2 is 1.62 bits per heavy atom. The lowest BCUT2D eigenvalue weighted by molar-refractivity contribution is -0.117. The summed E-state index contributed by atoms with van der Waals surface area (Å²) in [6.07, 6.45) is -0.684. The number of hydrogen-bond donors (Lipinski definition) is 0. The fourth-order valence-corrected chi connectivity index (χ4v) is 1.68. The van der Waals surface area contributed by atoms with Crippen LogP contribution in [0.15, 0.2) is 48.5 Å². The van der Waals surface area contributed by atoms with E-state index in [0.717, 1.165) is 5.75 Å². The fourth-order valence-electron chi connectivity index (χ4n) is 1.64. The van der Waals surface area contributed by atoms with Gasteiger partial charge >= 0.3 is 0 Å². The van der Waals surface area contributed by atoms with E-state index in [4.69, 9.17) is 25.8 Å². The van der Waals surface area contributed by atoms with Crippen LogP contribution in [0.5, 0.6) is 23.0 Å². The molecule has 21 heavy (non-hydrogen) atoms. The predicted molar refractivity (Wildman–Crippen MR) is 80.5 cm³/mol. The summed E-state index contributed by atoms with van der Waals surface area (Å²) in [6.45, 7) is 1.59. The highest BCUT2D eigenvalue weighted by atomic mass is 35.5. The van der Waals surface area contributed by atoms with E-state index in [0.29, 0.717) is 17.2 Å². The highest BCUT2D eigenvalue weighted by molar-refractivity contribution is 6.64. The molecule has 5 heteroatoms. The van der Waals surface area contributed by atoms with E-state index in [1.165, 1.54) is 0 Å². The molecule has 0 saturated heterocycles. The Balaban J connectivity index is 2.03. The highest BCUT2D eigenvalue weighted by Crippen LogP contribution is 2.26. The summed E-state index contributed by atoms with van der Waals surface area (Å²) in [5.74, 6) is 2.60. The van der Waals surface area contributed by atoms with Crippen LogP contribution in [0.25, 0.3) is 0 Å². The van der Waals surface area contributed by atoms with Gasteiger partial charge in [-0.2, -0.15) is 0 Å². The Morgan fingerprint density at radius 1 is 1.00 bits per heavy atom. The van der Waals surface area contributed by atoms with Crippen LogP contribution < -0.4 is 14.2 Å². The zero-order chi connectivity index (χ0) is 15.2. The van der Waals surface area contributed by atoms with Crippen molar-refractivity contribution in [3.63, 3.8) is 0 Å². The van der Waals surface area contributed by atoms with Crippen molar-refractivity contribution in [3.05, 3.63) is 48.5 Å². The first-order chi connectivity index (χ1) is 10.1. The average molecular weight is 307 g/mol. The number of benzene rings is 2. The van der Waals surface area contributed by atoms with Gasteiger partial charge in [0, 0.05) is 6.07 Å². The van der Waals surface area contributed by atoms with Crippen molar-refractivity contribution in [1.29, 1.82) is 0 Å². The monoisotopic (exact) mass is 306 g/mol. The molecule has 0 N–H and O–H groups in total. The fraction of sp³-hybridized carbons (Fsp3) is 0.188. The number of methoxy groups -OCH3 is 1. The van der Waals surface area contributed by atoms with Gasteiger partial charge in [0.25, 0.3) is 5.24 Å². The number of rotatable bonds is 6. The molecule has 1 unspecified atom stereocenters. The molecular formula is C16H15ClO4. The van der Waals surface area contributed by atoms with E-state index in [1.807, 2.05) is 18.2 Å². The molecule has 2 aromatic carbocycles. The minimum atomic E-state index is -0.684. The Kier molecular flexibility index (Phi) is 5.06. The van der Waals surface area contributed by atoms with Gasteiger partial charge in [-0.25, -0.2) is 0 Å². The van der Waals surface area contributed by atoms with Crippen LogP contribution in [0.4, 0.5) is 0 Å². The molecule has 0 bridgehead atoms. The summed E-state index contributed by atoms with van der Waals surface area (Å²) in [6, 6.07) is 14.2. The third-order valence-corrected chi connectivity index (χ3v) is 3.04. The van der Waals surface area contributed by atoms with Crippen LogP contribution in [-0.2, 0) is 4.79 Å². The average Bonchev–Trinajstić information content (AvgIpc) is 2.49. The van der Waals surface area contributed by atoms with E-state index in [9.17, 15) is 4.79 Å². The van der Waals surface area contributed by atoms with E-state index < -0.39 is 11.3 Å². The molecule has 0 aliphatic carbocycles. The topological polar surface area (TPSA) is 44.8 Å². The van der Waals surface area contributed by atoms with Crippen LogP contribution in [0, 0.1) is 0 Å². The number of halogens is 1. The Morgan fingerprint density at radius 3 is 2.24 bits per heavy atom. The summed E-state index contributed by atoms with van der Waals surface area (Å²) in [7, 11) is 1.60. The first-order valence-electron chi connectivity index (χ1n) is 6.36. The molecule has 0 aliphatic rings. The second kappa shape index (κ2) is 6.99. The molecule has 0 aliphatic heterocycles. The van der Waals surface area contributed by atoms with Gasteiger partial charge in [-0.15, -0.1) is 0 Å². The number of carbonyl (C=O) groups is 1. The van der Waals surface area contributed by atoms with Crippen LogP contribution in [0.3, 0.4) is 0 Å². The molecule has 0 radical (unpaired) electrons. The summed E-state index contributed by atoms with van der Waals surface area (Å²) in [4.78, 5) is 10.9. The molecule has 110 valence electrons. The van der Waals surface area contributed by atoms with E-state index in [2.05, 4.69) is 0 Å². The highest BCUT2D eigenvalue weighted by Gasteiger charge is 2.11. The van der Waals surface area contributed by atoms with Gasteiger partial charge in [-0.3, -0.25) is 4.79 Å². The van der Waals surface area contributed by atoms with Gasteiger partial charge in [-0.05, 0) is 54.9 Å². The van der Waals surface area contributed by atoms with Gasteiger partial charge in [0.15, 0.2) is 6.10 Å². The molecule has 2 rings (SSSR count). The molecule has 4 nitrogen and oxygen atoms in total. The first kappa shape index (κ1) is 15.2. The molecule has 0 aromatic heterocycles. The van der Waals surface area contributed by atoms with Crippen molar-refractivity contribution < 1.29 is 19.0 Å². The van der Waals surface area contributed by atoms with Gasteiger partial charge in [0.2, 0.25) is 0 Å². The maximum Gasteiger partial charge on any atom is 0.262 e. The van der Waals surface area contributed by atoms with Crippen molar-refractivity contribution in [2.24, 2.45) is 0 Å². The second-order valence-electron chi connectivity index (χ2n) is 4.32. The normalized spacial score (nSPS) is 11.6. The predicted octanol–water partition coefficient (Wildman–Crippen LogP) is 4.02. The van der Waals surface area contributed by atoms with Crippen molar-refractivity contribution in [3.8, 4) is 23.0 Å². The van der Waals surface area contributed by atoms with Crippen molar-refractivity contribution in [2.75, 3.05) is 7.11 Å². The molecule has 0 fully saturated rings. The minimum absolute atomic E-state index is 0.535. The SMILES string of the molecule is COc1cccc(Oc2ccc(OC(C)C(=O)Cl)cc2)c1. The largest absolute Gasteiger partial charge is 0.497 e. The maximum absolute atomic E-state index is 10.9. The number of ether oxygens (including phenoxy) is 3. The first-order valence-corrected chi connectivity index (χ1v) is 6.74. The zero-order valence-electron chi connectivity index (χ0n) is 11.7. The van der Waals surface area contributed by atoms with Gasteiger partial charge in [0.1, 0.15) is 23.0 Å². The van der Waals surface area contributed by atoms with Crippen molar-refractivity contribution in [2.45, 2.75) is 13.0 Å². The number of carbonyl (C=O) groups excluding carboxylic acids is 1. The molecular weight excluding hydrogens is 292 g/mol. The van der Waals surface area contributed by atoms with Crippen molar-refractivity contribution in [1.82, 2.24) is 0 Å². The summed E-state index contributed by atoms with van der Waals surface area (Å²) >= 11 is 5.34. The lowest BCUT2D eigenvalue weighted by atomic mass is 10.3. The molecule has 0 amide bonds. The molecule has 0 heterocycles. The lowest BCUT2D eigenvalue weighted by Crippen LogP contribution is -2.18. The van der Waals surface area contributed by atoms with Crippen LogP contribution in [0.1, 0.15) is 6.92 Å². The lowest BCUT2D eigenvalue weighted by Gasteiger charge is -2.11. The number of hydrogen-bond acceptors (Lipinski definition) is 4. The Hall–Kier alpha value is -2.20. The minimum Gasteiger partial charge on any atom is -0.497 e. The summed E-state index contributed by atoms with van der Waals surface area (Å²) in [5.41, 5.74) is 0.